The van der Waals surface area contributed by atoms with Crippen molar-refractivity contribution in [3.05, 3.63) is 131 Å². The lowest BCUT2D eigenvalue weighted by Gasteiger charge is -2.36. The monoisotopic (exact) mass is 554 g/mol. The lowest BCUT2D eigenvalue weighted by Crippen LogP contribution is -2.50. The Morgan fingerprint density at radius 1 is 0.714 bits per heavy atom. The number of carbonyl (C=O) groups is 4. The summed E-state index contributed by atoms with van der Waals surface area (Å²) in [4.78, 5) is 57.7. The van der Waals surface area contributed by atoms with Gasteiger partial charge < -0.3 is 9.64 Å². The first-order chi connectivity index (χ1) is 20.4. The van der Waals surface area contributed by atoms with E-state index >= 15 is 0 Å². The number of rotatable bonds is 5. The molecule has 2 fully saturated rings. The molecule has 42 heavy (non-hydrogen) atoms. The first kappa shape index (κ1) is 25.7. The molecule has 4 aromatic rings. The van der Waals surface area contributed by atoms with Crippen LogP contribution in [0.5, 0.6) is 5.75 Å². The first-order valence-electron chi connectivity index (χ1n) is 13.8. The highest BCUT2D eigenvalue weighted by atomic mass is 16.5. The second-order valence-electron chi connectivity index (χ2n) is 10.8. The largest absolute Gasteiger partial charge is 0.425 e. The molecule has 3 aliphatic heterocycles. The molecule has 4 unspecified atom stereocenters. The Kier molecular flexibility index (Phi) is 6.08. The van der Waals surface area contributed by atoms with E-state index in [0.717, 1.165) is 16.8 Å². The molecule has 4 aromatic carbocycles. The standard InChI is InChI=1S/C35H26N2O5/c1-21-11-16-25(17-12-21)36-33(39)29-28-20-15-22-7-5-6-10-27(22)37(28)31(30(29)34(36)40)35(41)42-26-18-13-24(14-19-26)32(38)23-8-3-2-4-9-23/h2-20,28-31H,1H3. The summed E-state index contributed by atoms with van der Waals surface area (Å²) in [5.74, 6) is -2.94. The highest BCUT2D eigenvalue weighted by molar-refractivity contribution is 6.24. The van der Waals surface area contributed by atoms with Gasteiger partial charge >= 0.3 is 5.97 Å². The van der Waals surface area contributed by atoms with Crippen molar-refractivity contribution in [2.45, 2.75) is 19.0 Å². The second kappa shape index (κ2) is 9.96. The number of nitrogens with zero attached hydrogens (tertiary/aromatic N) is 2. The summed E-state index contributed by atoms with van der Waals surface area (Å²) in [6.45, 7) is 1.93. The molecule has 206 valence electrons. The van der Waals surface area contributed by atoms with Crippen molar-refractivity contribution in [3.8, 4) is 5.75 Å². The molecular weight excluding hydrogens is 528 g/mol. The van der Waals surface area contributed by atoms with Crippen LogP contribution in [0.2, 0.25) is 0 Å². The Hall–Kier alpha value is -5.30. The van der Waals surface area contributed by atoms with E-state index in [1.807, 2.05) is 66.4 Å². The van der Waals surface area contributed by atoms with E-state index in [9.17, 15) is 19.2 Å². The number of aryl methyl sites for hydroxylation is 1. The number of esters is 1. The van der Waals surface area contributed by atoms with Gasteiger partial charge in [0, 0.05) is 16.8 Å². The van der Waals surface area contributed by atoms with Crippen molar-refractivity contribution in [1.82, 2.24) is 0 Å². The molecular formula is C35H26N2O5. The number of hydrogen-bond acceptors (Lipinski definition) is 6. The third-order valence-electron chi connectivity index (χ3n) is 8.32. The molecule has 0 N–H and O–H groups in total. The summed E-state index contributed by atoms with van der Waals surface area (Å²) in [7, 11) is 0. The normalized spacial score (nSPS) is 22.0. The quantitative estimate of drug-likeness (QED) is 0.146. The zero-order valence-corrected chi connectivity index (χ0v) is 22.7. The topological polar surface area (TPSA) is 84.0 Å². The Morgan fingerprint density at radius 2 is 1.36 bits per heavy atom. The zero-order chi connectivity index (χ0) is 29.0. The Bertz CT molecular complexity index is 1760. The number of ether oxygens (including phenoxy) is 1. The molecule has 4 atom stereocenters. The molecule has 3 heterocycles. The molecule has 3 aliphatic rings. The lowest BCUT2D eigenvalue weighted by molar-refractivity contribution is -0.139. The SMILES string of the molecule is Cc1ccc(N2C(=O)C3C(C2=O)C(C(=O)Oc2ccc(C(=O)c4ccccc4)cc2)N2c4ccccc4C=CC32)cc1. The number of fused-ring (bicyclic) bond motifs is 5. The average molecular weight is 555 g/mol. The molecule has 0 saturated carbocycles. The molecule has 0 spiro atoms. The predicted octanol–water partition coefficient (Wildman–Crippen LogP) is 5.22. The molecule has 7 heteroatoms. The van der Waals surface area contributed by atoms with Gasteiger partial charge in [-0.3, -0.25) is 14.4 Å². The van der Waals surface area contributed by atoms with Crippen LogP contribution >= 0.6 is 0 Å². The number of imide groups is 1. The van der Waals surface area contributed by atoms with E-state index in [2.05, 4.69) is 0 Å². The van der Waals surface area contributed by atoms with Crippen LogP contribution in [0.3, 0.4) is 0 Å². The van der Waals surface area contributed by atoms with Gasteiger partial charge in [-0.25, -0.2) is 9.69 Å². The van der Waals surface area contributed by atoms with Crippen molar-refractivity contribution in [1.29, 1.82) is 0 Å². The minimum absolute atomic E-state index is 0.141. The lowest BCUT2D eigenvalue weighted by atomic mass is 9.89. The predicted molar refractivity (Wildman–Crippen MR) is 158 cm³/mol. The Balaban J connectivity index is 1.22. The summed E-state index contributed by atoms with van der Waals surface area (Å²) in [5, 5.41) is 0. The van der Waals surface area contributed by atoms with Gasteiger partial charge in [0.2, 0.25) is 11.8 Å². The zero-order valence-electron chi connectivity index (χ0n) is 22.7. The number of amides is 2. The molecule has 2 saturated heterocycles. The van der Waals surface area contributed by atoms with Crippen molar-refractivity contribution in [2.75, 3.05) is 9.80 Å². The van der Waals surface area contributed by atoms with Crippen molar-refractivity contribution in [2.24, 2.45) is 11.8 Å². The molecule has 0 aliphatic carbocycles. The summed E-state index contributed by atoms with van der Waals surface area (Å²) in [5.41, 5.74) is 4.18. The highest BCUT2D eigenvalue weighted by Crippen LogP contribution is 2.49. The van der Waals surface area contributed by atoms with Crippen LogP contribution in [-0.2, 0) is 14.4 Å². The summed E-state index contributed by atoms with van der Waals surface area (Å²) < 4.78 is 5.85. The maximum Gasteiger partial charge on any atom is 0.335 e. The minimum atomic E-state index is -1.02. The van der Waals surface area contributed by atoms with Crippen molar-refractivity contribution in [3.63, 3.8) is 0 Å². The molecule has 0 radical (unpaired) electrons. The van der Waals surface area contributed by atoms with Gasteiger partial charge in [0.25, 0.3) is 0 Å². The molecule has 2 amide bonds. The number of carbonyl (C=O) groups excluding carboxylic acids is 4. The Labute approximate surface area is 242 Å². The average Bonchev–Trinajstić information content (AvgIpc) is 3.50. The van der Waals surface area contributed by atoms with Crippen LogP contribution in [0.25, 0.3) is 6.08 Å². The third kappa shape index (κ3) is 4.05. The van der Waals surface area contributed by atoms with Gasteiger partial charge in [-0.2, -0.15) is 0 Å². The van der Waals surface area contributed by atoms with Gasteiger partial charge in [0.05, 0.1) is 23.6 Å². The van der Waals surface area contributed by atoms with Gasteiger partial charge in [0.1, 0.15) is 11.8 Å². The van der Waals surface area contributed by atoms with E-state index in [0.29, 0.717) is 16.8 Å². The van der Waals surface area contributed by atoms with Crippen LogP contribution in [-0.4, -0.2) is 35.7 Å². The van der Waals surface area contributed by atoms with Crippen LogP contribution in [0.4, 0.5) is 11.4 Å². The van der Waals surface area contributed by atoms with E-state index < -0.39 is 35.8 Å². The third-order valence-corrected chi connectivity index (χ3v) is 8.32. The molecule has 0 bridgehead atoms. The van der Waals surface area contributed by atoms with Crippen molar-refractivity contribution < 1.29 is 23.9 Å². The maximum atomic E-state index is 14.0. The van der Waals surface area contributed by atoms with Crippen LogP contribution in [0.15, 0.2) is 109 Å². The fourth-order valence-electron chi connectivity index (χ4n) is 6.34. The second-order valence-corrected chi connectivity index (χ2v) is 10.8. The van der Waals surface area contributed by atoms with Crippen molar-refractivity contribution >= 4 is 41.0 Å². The van der Waals surface area contributed by atoms with Gasteiger partial charge in [0.15, 0.2) is 5.78 Å². The van der Waals surface area contributed by atoms with Gasteiger partial charge in [-0.15, -0.1) is 0 Å². The summed E-state index contributed by atoms with van der Waals surface area (Å²) in [6.07, 6.45) is 3.84. The van der Waals surface area contributed by atoms with Crippen LogP contribution in [0.1, 0.15) is 27.0 Å². The van der Waals surface area contributed by atoms with E-state index in [1.54, 1.807) is 60.7 Å². The number of anilines is 2. The maximum absolute atomic E-state index is 14.0. The molecule has 0 aromatic heterocycles. The number of hydrogen-bond donors (Lipinski definition) is 0. The molecule has 7 nitrogen and oxygen atoms in total. The number of para-hydroxylation sites is 1. The molecule has 7 rings (SSSR count). The van der Waals surface area contributed by atoms with Crippen LogP contribution < -0.4 is 14.5 Å². The first-order valence-corrected chi connectivity index (χ1v) is 13.8. The van der Waals surface area contributed by atoms with Crippen LogP contribution in [0, 0.1) is 18.8 Å². The minimum Gasteiger partial charge on any atom is -0.425 e. The summed E-state index contributed by atoms with van der Waals surface area (Å²) in [6, 6.07) is 28.6. The highest BCUT2D eigenvalue weighted by Gasteiger charge is 2.65. The van der Waals surface area contributed by atoms with E-state index in [-0.39, 0.29) is 17.4 Å². The smallest absolute Gasteiger partial charge is 0.335 e. The van der Waals surface area contributed by atoms with E-state index in [4.69, 9.17) is 4.74 Å². The van der Waals surface area contributed by atoms with Gasteiger partial charge in [-0.05, 0) is 55.0 Å². The Morgan fingerprint density at radius 3 is 2.10 bits per heavy atom. The summed E-state index contributed by atoms with van der Waals surface area (Å²) >= 11 is 0. The fraction of sp³-hybridized carbons (Fsp3) is 0.143. The number of ketones is 1. The van der Waals surface area contributed by atoms with Gasteiger partial charge in [-0.1, -0.05) is 78.4 Å². The van der Waals surface area contributed by atoms with E-state index in [1.165, 1.54) is 4.90 Å². The number of benzene rings is 4. The fourth-order valence-corrected chi connectivity index (χ4v) is 6.34.